The van der Waals surface area contributed by atoms with E-state index in [-0.39, 0.29) is 5.69 Å². The SMILES string of the molecule is CNc1ncc([N+](=O)[O-])c(-c2sccc2Br)n1. The second-order valence-corrected chi connectivity index (χ2v) is 4.80. The molecule has 0 spiro atoms. The Bertz CT molecular complexity index is 572. The van der Waals surface area contributed by atoms with E-state index >= 15 is 0 Å². The number of anilines is 1. The van der Waals surface area contributed by atoms with Gasteiger partial charge in [0.1, 0.15) is 6.20 Å². The second kappa shape index (κ2) is 4.76. The highest BCUT2D eigenvalue weighted by Crippen LogP contribution is 2.37. The number of hydrogen-bond donors (Lipinski definition) is 1. The van der Waals surface area contributed by atoms with Crippen molar-refractivity contribution in [1.82, 2.24) is 9.97 Å². The van der Waals surface area contributed by atoms with Crippen LogP contribution in [0.3, 0.4) is 0 Å². The fraction of sp³-hybridized carbons (Fsp3) is 0.111. The molecule has 2 aromatic heterocycles. The van der Waals surface area contributed by atoms with Gasteiger partial charge in [-0.2, -0.15) is 0 Å². The van der Waals surface area contributed by atoms with Crippen molar-refractivity contribution >= 4 is 38.9 Å². The van der Waals surface area contributed by atoms with E-state index in [1.54, 1.807) is 7.05 Å². The lowest BCUT2D eigenvalue weighted by Gasteiger charge is -2.03. The molecular weight excluding hydrogens is 308 g/mol. The third kappa shape index (κ3) is 2.27. The van der Waals surface area contributed by atoms with E-state index in [1.165, 1.54) is 17.5 Å². The summed E-state index contributed by atoms with van der Waals surface area (Å²) in [5, 5.41) is 15.5. The van der Waals surface area contributed by atoms with Gasteiger partial charge in [-0.05, 0) is 27.4 Å². The monoisotopic (exact) mass is 314 g/mol. The fourth-order valence-electron chi connectivity index (χ4n) is 1.26. The lowest BCUT2D eigenvalue weighted by molar-refractivity contribution is -0.384. The van der Waals surface area contributed by atoms with Gasteiger partial charge < -0.3 is 5.32 Å². The summed E-state index contributed by atoms with van der Waals surface area (Å²) in [6, 6.07) is 1.82. The zero-order chi connectivity index (χ0) is 12.4. The number of thiophene rings is 1. The van der Waals surface area contributed by atoms with E-state index in [1.807, 2.05) is 11.4 Å². The minimum absolute atomic E-state index is 0.104. The van der Waals surface area contributed by atoms with Crippen molar-refractivity contribution in [1.29, 1.82) is 0 Å². The molecule has 2 heterocycles. The Hall–Kier alpha value is -1.54. The number of nitrogens with zero attached hydrogens (tertiary/aromatic N) is 3. The predicted molar refractivity (Wildman–Crippen MR) is 69.2 cm³/mol. The molecule has 0 saturated carbocycles. The Kier molecular flexibility index (Phi) is 3.34. The molecule has 1 N–H and O–H groups in total. The Morgan fingerprint density at radius 3 is 2.88 bits per heavy atom. The Morgan fingerprint density at radius 1 is 1.59 bits per heavy atom. The summed E-state index contributed by atoms with van der Waals surface area (Å²) in [5.41, 5.74) is 0.211. The standard InChI is InChI=1S/C9H7BrN4O2S/c1-11-9-12-4-6(14(15)16)7(13-9)8-5(10)2-3-17-8/h2-4H,1H3,(H,11,12,13). The van der Waals surface area contributed by atoms with Crippen molar-refractivity contribution in [2.75, 3.05) is 12.4 Å². The largest absolute Gasteiger partial charge is 0.357 e. The Labute approximate surface area is 109 Å². The fourth-order valence-corrected chi connectivity index (χ4v) is 2.82. The van der Waals surface area contributed by atoms with Gasteiger partial charge in [-0.25, -0.2) is 9.97 Å². The van der Waals surface area contributed by atoms with E-state index in [0.29, 0.717) is 11.6 Å². The molecule has 0 unspecified atom stereocenters. The average Bonchev–Trinajstić information content (AvgIpc) is 2.74. The minimum atomic E-state index is -0.485. The zero-order valence-corrected chi connectivity index (χ0v) is 11.1. The van der Waals surface area contributed by atoms with Crippen LogP contribution in [-0.4, -0.2) is 21.9 Å². The van der Waals surface area contributed by atoms with Crippen molar-refractivity contribution in [3.05, 3.63) is 32.2 Å². The van der Waals surface area contributed by atoms with Crippen LogP contribution in [0.1, 0.15) is 0 Å². The number of rotatable bonds is 3. The maximum atomic E-state index is 10.9. The van der Waals surface area contributed by atoms with Gasteiger partial charge >= 0.3 is 5.69 Å². The van der Waals surface area contributed by atoms with Gasteiger partial charge in [-0.1, -0.05) is 0 Å². The lowest BCUT2D eigenvalue weighted by atomic mass is 10.3. The smallest absolute Gasteiger partial charge is 0.314 e. The summed E-state index contributed by atoms with van der Waals surface area (Å²) in [7, 11) is 1.66. The number of aromatic nitrogens is 2. The minimum Gasteiger partial charge on any atom is -0.357 e. The third-order valence-corrected chi connectivity index (χ3v) is 3.87. The normalized spacial score (nSPS) is 10.2. The molecule has 0 saturated heterocycles. The molecular formula is C9H7BrN4O2S. The topological polar surface area (TPSA) is 81.0 Å². The lowest BCUT2D eigenvalue weighted by Crippen LogP contribution is -2.01. The molecule has 0 aromatic carbocycles. The number of nitro groups is 1. The second-order valence-electron chi connectivity index (χ2n) is 3.03. The first-order chi connectivity index (χ1) is 8.13. The average molecular weight is 315 g/mol. The van der Waals surface area contributed by atoms with E-state index in [4.69, 9.17) is 0 Å². The van der Waals surface area contributed by atoms with Gasteiger partial charge in [-0.15, -0.1) is 11.3 Å². The van der Waals surface area contributed by atoms with Crippen molar-refractivity contribution in [3.8, 4) is 10.6 Å². The highest BCUT2D eigenvalue weighted by Gasteiger charge is 2.21. The summed E-state index contributed by atoms with van der Waals surface area (Å²) in [5.74, 6) is 0.353. The van der Waals surface area contributed by atoms with Crippen molar-refractivity contribution < 1.29 is 4.92 Å². The van der Waals surface area contributed by atoms with E-state index in [9.17, 15) is 10.1 Å². The summed E-state index contributed by atoms with van der Waals surface area (Å²) in [4.78, 5) is 19.1. The Morgan fingerprint density at radius 2 is 2.35 bits per heavy atom. The highest BCUT2D eigenvalue weighted by molar-refractivity contribution is 9.10. The quantitative estimate of drug-likeness (QED) is 0.696. The number of nitrogens with one attached hydrogen (secondary N) is 1. The van der Waals surface area contributed by atoms with Gasteiger partial charge in [0.2, 0.25) is 5.95 Å². The van der Waals surface area contributed by atoms with E-state index in [2.05, 4.69) is 31.2 Å². The Balaban J connectivity index is 2.65. The molecule has 8 heteroatoms. The number of hydrogen-bond acceptors (Lipinski definition) is 6. The van der Waals surface area contributed by atoms with Crippen LogP contribution in [0.25, 0.3) is 10.6 Å². The molecule has 0 aliphatic rings. The van der Waals surface area contributed by atoms with Gasteiger partial charge in [0.25, 0.3) is 0 Å². The molecule has 2 aromatic rings. The van der Waals surface area contributed by atoms with Gasteiger partial charge in [0.15, 0.2) is 5.69 Å². The molecule has 88 valence electrons. The summed E-state index contributed by atoms with van der Waals surface area (Å²) in [6.07, 6.45) is 1.21. The van der Waals surface area contributed by atoms with Crippen molar-refractivity contribution in [2.24, 2.45) is 0 Å². The van der Waals surface area contributed by atoms with Gasteiger partial charge in [-0.3, -0.25) is 10.1 Å². The van der Waals surface area contributed by atoms with Gasteiger partial charge in [0.05, 0.1) is 9.80 Å². The summed E-state index contributed by atoms with van der Waals surface area (Å²) in [6.45, 7) is 0. The van der Waals surface area contributed by atoms with E-state index < -0.39 is 4.92 Å². The zero-order valence-electron chi connectivity index (χ0n) is 8.68. The molecule has 0 amide bonds. The maximum Gasteiger partial charge on any atom is 0.314 e. The van der Waals surface area contributed by atoms with Crippen LogP contribution < -0.4 is 5.32 Å². The van der Waals surface area contributed by atoms with Crippen LogP contribution in [0.5, 0.6) is 0 Å². The van der Waals surface area contributed by atoms with Crippen LogP contribution in [0.15, 0.2) is 22.1 Å². The molecule has 0 radical (unpaired) electrons. The molecule has 2 rings (SSSR count). The van der Waals surface area contributed by atoms with Crippen LogP contribution in [0.4, 0.5) is 11.6 Å². The maximum absolute atomic E-state index is 10.9. The van der Waals surface area contributed by atoms with Gasteiger partial charge in [0, 0.05) is 11.5 Å². The molecule has 17 heavy (non-hydrogen) atoms. The first-order valence-electron chi connectivity index (χ1n) is 4.56. The highest BCUT2D eigenvalue weighted by atomic mass is 79.9. The first kappa shape index (κ1) is 11.9. The van der Waals surface area contributed by atoms with Crippen LogP contribution in [0.2, 0.25) is 0 Å². The number of halogens is 1. The summed E-state index contributed by atoms with van der Waals surface area (Å²) < 4.78 is 0.784. The first-order valence-corrected chi connectivity index (χ1v) is 6.23. The molecule has 6 nitrogen and oxygen atoms in total. The van der Waals surface area contributed by atoms with E-state index in [0.717, 1.165) is 9.35 Å². The van der Waals surface area contributed by atoms with Crippen LogP contribution >= 0.6 is 27.3 Å². The van der Waals surface area contributed by atoms with Crippen molar-refractivity contribution in [3.63, 3.8) is 0 Å². The molecule has 0 atom stereocenters. The van der Waals surface area contributed by atoms with Crippen LogP contribution in [0, 0.1) is 10.1 Å². The third-order valence-electron chi connectivity index (χ3n) is 2.02. The summed E-state index contributed by atoms with van der Waals surface area (Å²) >= 11 is 4.72. The predicted octanol–water partition coefficient (Wildman–Crippen LogP) is 2.92. The molecule has 0 aliphatic heterocycles. The molecule has 0 bridgehead atoms. The molecule has 0 fully saturated rings. The van der Waals surface area contributed by atoms with Crippen molar-refractivity contribution in [2.45, 2.75) is 0 Å². The molecule has 0 aliphatic carbocycles. The van der Waals surface area contributed by atoms with Crippen LogP contribution in [-0.2, 0) is 0 Å².